The van der Waals surface area contributed by atoms with Crippen molar-refractivity contribution in [3.8, 4) is 46.2 Å². The van der Waals surface area contributed by atoms with Gasteiger partial charge in [-0.3, -0.25) is 0 Å². The van der Waals surface area contributed by atoms with Crippen LogP contribution in [0, 0.1) is 22.7 Å². The molecule has 138 valence electrons. The number of nitriles is 2. The fourth-order valence-electron chi connectivity index (χ4n) is 2.85. The Bertz CT molecular complexity index is 994. The summed E-state index contributed by atoms with van der Waals surface area (Å²) in [6.07, 6.45) is 0. The Morgan fingerprint density at radius 2 is 1.11 bits per heavy atom. The molecule has 0 aliphatic rings. The average molecular weight is 370 g/mol. The van der Waals surface area contributed by atoms with Crippen LogP contribution in [-0.4, -0.2) is 23.2 Å². The van der Waals surface area contributed by atoms with Crippen molar-refractivity contribution in [2.24, 2.45) is 0 Å². The lowest BCUT2D eigenvalue weighted by molar-refractivity contribution is 0.341. The van der Waals surface area contributed by atoms with Gasteiger partial charge >= 0.3 is 0 Å². The lowest BCUT2D eigenvalue weighted by atomic mass is 10.0. The number of rotatable bonds is 6. The van der Waals surface area contributed by atoms with Crippen LogP contribution in [0.4, 0.5) is 0 Å². The summed E-state index contributed by atoms with van der Waals surface area (Å²) in [7, 11) is 0. The monoisotopic (exact) mass is 370 g/mol. The zero-order valence-corrected chi connectivity index (χ0v) is 15.6. The van der Waals surface area contributed by atoms with E-state index in [2.05, 4.69) is 9.97 Å². The zero-order valence-electron chi connectivity index (χ0n) is 15.6. The summed E-state index contributed by atoms with van der Waals surface area (Å²) in [5.41, 5.74) is 2.26. The Morgan fingerprint density at radius 1 is 0.714 bits per heavy atom. The highest BCUT2D eigenvalue weighted by Crippen LogP contribution is 2.38. The maximum Gasteiger partial charge on any atom is 0.177 e. The molecule has 0 N–H and O–H groups in total. The second kappa shape index (κ2) is 8.66. The third kappa shape index (κ3) is 3.62. The molecule has 0 atom stereocenters. The molecule has 6 heteroatoms. The van der Waals surface area contributed by atoms with E-state index >= 15 is 0 Å². The molecule has 3 aromatic rings. The van der Waals surface area contributed by atoms with Crippen LogP contribution in [-0.2, 0) is 0 Å². The van der Waals surface area contributed by atoms with Crippen molar-refractivity contribution in [2.75, 3.05) is 13.2 Å². The highest BCUT2D eigenvalue weighted by Gasteiger charge is 2.21. The Hall–Kier alpha value is -3.90. The topological polar surface area (TPSA) is 91.8 Å². The highest BCUT2D eigenvalue weighted by molar-refractivity contribution is 5.84. The van der Waals surface area contributed by atoms with E-state index < -0.39 is 0 Å². The Balaban J connectivity index is 2.35. The highest BCUT2D eigenvalue weighted by atomic mass is 16.5. The van der Waals surface area contributed by atoms with E-state index in [-0.39, 0.29) is 11.4 Å². The summed E-state index contributed by atoms with van der Waals surface area (Å²) >= 11 is 0. The third-order valence-corrected chi connectivity index (χ3v) is 3.99. The van der Waals surface area contributed by atoms with Crippen LogP contribution in [0.25, 0.3) is 22.5 Å². The number of hydrogen-bond acceptors (Lipinski definition) is 6. The summed E-state index contributed by atoms with van der Waals surface area (Å²) in [5.74, 6) is 1.26. The van der Waals surface area contributed by atoms with E-state index in [1.54, 1.807) is 0 Å². The molecule has 28 heavy (non-hydrogen) atoms. The molecule has 0 unspecified atom stereocenters. The van der Waals surface area contributed by atoms with Crippen LogP contribution in [0.3, 0.4) is 0 Å². The quantitative estimate of drug-likeness (QED) is 0.640. The third-order valence-electron chi connectivity index (χ3n) is 3.99. The normalized spacial score (nSPS) is 10.0. The predicted molar refractivity (Wildman–Crippen MR) is 105 cm³/mol. The number of nitrogens with zero attached hydrogens (tertiary/aromatic N) is 4. The lowest BCUT2D eigenvalue weighted by Gasteiger charge is -2.15. The van der Waals surface area contributed by atoms with Gasteiger partial charge in [0.2, 0.25) is 0 Å². The summed E-state index contributed by atoms with van der Waals surface area (Å²) in [6, 6.07) is 18.8. The molecule has 2 aromatic carbocycles. The molecule has 0 aliphatic heterocycles. The van der Waals surface area contributed by atoms with Crippen molar-refractivity contribution < 1.29 is 9.47 Å². The molecule has 0 saturated carbocycles. The van der Waals surface area contributed by atoms with Gasteiger partial charge in [0, 0.05) is 11.1 Å². The first-order valence-electron chi connectivity index (χ1n) is 8.90. The maximum atomic E-state index is 9.43. The molecule has 0 radical (unpaired) electrons. The number of ether oxygens (including phenoxy) is 2. The van der Waals surface area contributed by atoms with Crippen molar-refractivity contribution in [3.63, 3.8) is 0 Å². The van der Waals surface area contributed by atoms with E-state index in [0.717, 1.165) is 0 Å². The van der Waals surface area contributed by atoms with Gasteiger partial charge in [-0.15, -0.1) is 0 Å². The van der Waals surface area contributed by atoms with Gasteiger partial charge in [0.25, 0.3) is 0 Å². The van der Waals surface area contributed by atoms with Crippen LogP contribution < -0.4 is 9.47 Å². The van der Waals surface area contributed by atoms with Crippen LogP contribution >= 0.6 is 0 Å². The molecule has 0 spiro atoms. The fraction of sp³-hybridized carbons (Fsp3) is 0.182. The van der Waals surface area contributed by atoms with Gasteiger partial charge in [-0.05, 0) is 38.1 Å². The standard InChI is InChI=1S/C22H18N4O2/c1-3-27-19-11-7-5-9-15(19)21-22(26-18(14-24)17(13-23)25-21)16-10-6-8-12-20(16)28-4-2/h5-12H,3-4H2,1-2H3. The molecule has 3 rings (SSSR count). The first kappa shape index (κ1) is 18.9. The number of para-hydroxylation sites is 2. The van der Waals surface area contributed by atoms with Crippen molar-refractivity contribution in [1.82, 2.24) is 9.97 Å². The second-order valence-electron chi connectivity index (χ2n) is 5.70. The van der Waals surface area contributed by atoms with Gasteiger partial charge in [0.15, 0.2) is 11.4 Å². The first-order chi connectivity index (χ1) is 13.7. The number of benzene rings is 2. The summed E-state index contributed by atoms with van der Waals surface area (Å²) < 4.78 is 11.5. The van der Waals surface area contributed by atoms with Gasteiger partial charge in [0.05, 0.1) is 13.2 Å². The number of hydrogen-bond donors (Lipinski definition) is 0. The maximum absolute atomic E-state index is 9.43. The van der Waals surface area contributed by atoms with Gasteiger partial charge in [0.1, 0.15) is 35.0 Å². The minimum atomic E-state index is -0.0264. The molecular formula is C22H18N4O2. The smallest absolute Gasteiger partial charge is 0.177 e. The largest absolute Gasteiger partial charge is 0.493 e. The van der Waals surface area contributed by atoms with Crippen LogP contribution in [0.2, 0.25) is 0 Å². The minimum absolute atomic E-state index is 0.0264. The minimum Gasteiger partial charge on any atom is -0.493 e. The van der Waals surface area contributed by atoms with E-state index in [4.69, 9.17) is 9.47 Å². The van der Waals surface area contributed by atoms with Gasteiger partial charge in [-0.25, -0.2) is 9.97 Å². The molecule has 1 aromatic heterocycles. The van der Waals surface area contributed by atoms with Crippen LogP contribution in [0.5, 0.6) is 11.5 Å². The van der Waals surface area contributed by atoms with Crippen molar-refractivity contribution in [3.05, 3.63) is 59.9 Å². The first-order valence-corrected chi connectivity index (χ1v) is 8.90. The van der Waals surface area contributed by atoms with Gasteiger partial charge < -0.3 is 9.47 Å². The van der Waals surface area contributed by atoms with E-state index in [0.29, 0.717) is 47.2 Å². The summed E-state index contributed by atoms with van der Waals surface area (Å²) in [4.78, 5) is 8.94. The Labute approximate surface area is 163 Å². The van der Waals surface area contributed by atoms with Gasteiger partial charge in [-0.1, -0.05) is 24.3 Å². The zero-order chi connectivity index (χ0) is 19.9. The van der Waals surface area contributed by atoms with Crippen molar-refractivity contribution in [2.45, 2.75) is 13.8 Å². The lowest BCUT2D eigenvalue weighted by Crippen LogP contribution is -2.04. The summed E-state index contributed by atoms with van der Waals surface area (Å²) in [6.45, 7) is 4.76. The van der Waals surface area contributed by atoms with Gasteiger partial charge in [-0.2, -0.15) is 10.5 Å². The van der Waals surface area contributed by atoms with Crippen LogP contribution in [0.1, 0.15) is 25.2 Å². The molecule has 6 nitrogen and oxygen atoms in total. The van der Waals surface area contributed by atoms with E-state index in [1.165, 1.54) is 0 Å². The number of aromatic nitrogens is 2. The Morgan fingerprint density at radius 3 is 1.46 bits per heavy atom. The molecule has 0 bridgehead atoms. The SMILES string of the molecule is CCOc1ccccc1-c1nc(C#N)c(C#N)nc1-c1ccccc1OCC. The van der Waals surface area contributed by atoms with E-state index in [1.807, 2.05) is 74.5 Å². The second-order valence-corrected chi connectivity index (χ2v) is 5.70. The molecule has 0 fully saturated rings. The molecule has 0 saturated heterocycles. The van der Waals surface area contributed by atoms with Crippen LogP contribution in [0.15, 0.2) is 48.5 Å². The molecule has 1 heterocycles. The average Bonchev–Trinajstić information content (AvgIpc) is 2.74. The molecule has 0 amide bonds. The summed E-state index contributed by atoms with van der Waals surface area (Å²) in [5, 5.41) is 18.9. The van der Waals surface area contributed by atoms with Crippen molar-refractivity contribution >= 4 is 0 Å². The fourth-order valence-corrected chi connectivity index (χ4v) is 2.85. The van der Waals surface area contributed by atoms with Crippen molar-refractivity contribution in [1.29, 1.82) is 10.5 Å². The van der Waals surface area contributed by atoms with E-state index in [9.17, 15) is 10.5 Å². The Kier molecular flexibility index (Phi) is 5.84. The molecular weight excluding hydrogens is 352 g/mol. The predicted octanol–water partition coefficient (Wildman–Crippen LogP) is 4.35. The molecule has 0 aliphatic carbocycles.